The molecule has 1 aromatic rings. The average Bonchev–Trinajstić information content (AvgIpc) is 2.63. The maximum Gasteiger partial charge on any atom is 0.238 e. The molecule has 2 atom stereocenters. The Balaban J connectivity index is 2.00. The van der Waals surface area contributed by atoms with Gasteiger partial charge in [0.05, 0.1) is 17.5 Å². The molecule has 0 aromatic heterocycles. The van der Waals surface area contributed by atoms with E-state index in [0.717, 1.165) is 4.90 Å². The Kier molecular flexibility index (Phi) is 2.82. The summed E-state index contributed by atoms with van der Waals surface area (Å²) in [7, 11) is 0. The summed E-state index contributed by atoms with van der Waals surface area (Å²) in [6.45, 7) is 0. The smallest absolute Gasteiger partial charge is 0.238 e. The summed E-state index contributed by atoms with van der Waals surface area (Å²) in [6, 6.07) is 6.36. The molecule has 1 saturated heterocycles. The van der Waals surface area contributed by atoms with E-state index in [1.165, 1.54) is 6.07 Å². The summed E-state index contributed by atoms with van der Waals surface area (Å²) in [5, 5.41) is 10.4. The van der Waals surface area contributed by atoms with Crippen LogP contribution in [0.15, 0.2) is 35.4 Å². The molecular weight excluding hydrogens is 266 g/mol. The van der Waals surface area contributed by atoms with Crippen LogP contribution in [0.25, 0.3) is 0 Å². The Morgan fingerprint density at radius 1 is 1.16 bits per heavy atom. The lowest BCUT2D eigenvalue weighted by Gasteiger charge is -2.17. The second-order valence-electron chi connectivity index (χ2n) is 4.80. The summed E-state index contributed by atoms with van der Waals surface area (Å²) in [6.07, 6.45) is 2.68. The van der Waals surface area contributed by atoms with E-state index in [1.807, 2.05) is 0 Å². The Labute approximate surface area is 115 Å². The highest BCUT2D eigenvalue weighted by Crippen LogP contribution is 2.42. The number of halogens is 1. The van der Waals surface area contributed by atoms with E-state index in [0.29, 0.717) is 17.9 Å². The van der Waals surface area contributed by atoms with Crippen LogP contribution >= 0.6 is 11.6 Å². The molecule has 2 aliphatic rings. The third-order valence-corrected chi connectivity index (χ3v) is 4.00. The number of nitrogens with zero attached hydrogens (tertiary/aromatic N) is 1. The van der Waals surface area contributed by atoms with Crippen molar-refractivity contribution in [2.24, 2.45) is 11.8 Å². The first kappa shape index (κ1) is 12.2. The predicted molar refractivity (Wildman–Crippen MR) is 70.7 cm³/mol. The van der Waals surface area contributed by atoms with Gasteiger partial charge in [0.1, 0.15) is 5.75 Å². The number of hydrogen-bond donors (Lipinski definition) is 1. The van der Waals surface area contributed by atoms with Crippen LogP contribution in [0.2, 0.25) is 0 Å². The zero-order chi connectivity index (χ0) is 13.6. The molecule has 19 heavy (non-hydrogen) atoms. The second kappa shape index (κ2) is 4.38. The normalized spacial score (nSPS) is 26.4. The van der Waals surface area contributed by atoms with Crippen molar-refractivity contribution < 1.29 is 14.7 Å². The summed E-state index contributed by atoms with van der Waals surface area (Å²) in [5.41, 5.74) is 0.253. The summed E-state index contributed by atoms with van der Waals surface area (Å²) >= 11 is 5.95. The summed E-state index contributed by atoms with van der Waals surface area (Å²) < 4.78 is 0. The average molecular weight is 278 g/mol. The van der Waals surface area contributed by atoms with Crippen LogP contribution in [0.4, 0.5) is 5.69 Å². The van der Waals surface area contributed by atoms with Gasteiger partial charge in [-0.3, -0.25) is 9.59 Å². The van der Waals surface area contributed by atoms with Crippen LogP contribution < -0.4 is 4.90 Å². The predicted octanol–water partition coefficient (Wildman–Crippen LogP) is 2.41. The fraction of sp³-hybridized carbons (Fsp3) is 0.286. The van der Waals surface area contributed by atoms with E-state index in [4.69, 9.17) is 11.6 Å². The van der Waals surface area contributed by atoms with Crippen molar-refractivity contribution in [3.05, 3.63) is 35.4 Å². The van der Waals surface area contributed by atoms with Gasteiger partial charge in [-0.1, -0.05) is 29.8 Å². The first-order valence-electron chi connectivity index (χ1n) is 6.10. The highest BCUT2D eigenvalue weighted by molar-refractivity contribution is 6.30. The molecule has 1 heterocycles. The van der Waals surface area contributed by atoms with Gasteiger partial charge in [0, 0.05) is 5.03 Å². The van der Waals surface area contributed by atoms with Crippen LogP contribution in [-0.2, 0) is 9.59 Å². The number of benzene rings is 1. The summed E-state index contributed by atoms with van der Waals surface area (Å²) in [5.74, 6) is -1.35. The monoisotopic (exact) mass is 277 g/mol. The van der Waals surface area contributed by atoms with Gasteiger partial charge in [0.25, 0.3) is 0 Å². The number of imide groups is 1. The Bertz CT molecular complexity index is 596. The topological polar surface area (TPSA) is 57.6 Å². The molecule has 2 amide bonds. The standard InChI is InChI=1S/C14H12ClNO3/c15-8-5-6-9-10(7-8)14(19)16(13(9)18)11-3-1-2-4-12(11)17/h1-5,9-10,17H,6-7H2/t9-,10-/m0/s1. The number of carbonyl (C=O) groups excluding carboxylic acids is 2. The molecule has 5 heteroatoms. The van der Waals surface area contributed by atoms with Crippen molar-refractivity contribution in [3.8, 4) is 5.75 Å². The maximum atomic E-state index is 12.4. The highest BCUT2D eigenvalue weighted by Gasteiger charge is 2.49. The molecule has 1 N–H and O–H groups in total. The van der Waals surface area contributed by atoms with Crippen molar-refractivity contribution in [3.63, 3.8) is 0 Å². The minimum absolute atomic E-state index is 0.0677. The third kappa shape index (κ3) is 1.83. The molecule has 3 rings (SSSR count). The number of aromatic hydroxyl groups is 1. The molecule has 1 fully saturated rings. The Morgan fingerprint density at radius 2 is 1.84 bits per heavy atom. The lowest BCUT2D eigenvalue weighted by molar-refractivity contribution is -0.122. The lowest BCUT2D eigenvalue weighted by atomic mass is 9.85. The number of carbonyl (C=O) groups is 2. The first-order valence-corrected chi connectivity index (χ1v) is 6.47. The van der Waals surface area contributed by atoms with Gasteiger partial charge in [0.2, 0.25) is 11.8 Å². The van der Waals surface area contributed by atoms with E-state index in [1.54, 1.807) is 24.3 Å². The van der Waals surface area contributed by atoms with E-state index < -0.39 is 5.92 Å². The minimum atomic E-state index is -0.399. The van der Waals surface area contributed by atoms with E-state index in [9.17, 15) is 14.7 Å². The van der Waals surface area contributed by atoms with Crippen molar-refractivity contribution in [1.82, 2.24) is 0 Å². The molecule has 0 spiro atoms. The molecule has 98 valence electrons. The quantitative estimate of drug-likeness (QED) is 0.802. The van der Waals surface area contributed by atoms with Gasteiger partial charge in [-0.15, -0.1) is 0 Å². The molecule has 0 bridgehead atoms. The minimum Gasteiger partial charge on any atom is -0.506 e. The largest absolute Gasteiger partial charge is 0.506 e. The summed E-state index contributed by atoms with van der Waals surface area (Å²) in [4.78, 5) is 25.8. The molecule has 0 saturated carbocycles. The van der Waals surface area contributed by atoms with Gasteiger partial charge in [0.15, 0.2) is 0 Å². The zero-order valence-electron chi connectivity index (χ0n) is 10.0. The van der Waals surface area contributed by atoms with E-state index in [2.05, 4.69) is 0 Å². The fourth-order valence-corrected chi connectivity index (χ4v) is 2.97. The van der Waals surface area contributed by atoms with Gasteiger partial charge in [-0.25, -0.2) is 4.90 Å². The fourth-order valence-electron chi connectivity index (χ4n) is 2.72. The number of anilines is 1. The van der Waals surface area contributed by atoms with Gasteiger partial charge in [-0.05, 0) is 25.0 Å². The molecule has 1 aliphatic heterocycles. The molecule has 0 unspecified atom stereocenters. The number of allylic oxidation sites excluding steroid dienone is 2. The number of phenolic OH excluding ortho intramolecular Hbond substituents is 1. The van der Waals surface area contributed by atoms with E-state index in [-0.39, 0.29) is 29.2 Å². The molecule has 0 radical (unpaired) electrons. The van der Waals surface area contributed by atoms with Crippen LogP contribution in [-0.4, -0.2) is 16.9 Å². The Morgan fingerprint density at radius 3 is 2.58 bits per heavy atom. The number of phenols is 1. The zero-order valence-corrected chi connectivity index (χ0v) is 10.8. The molecule has 1 aromatic carbocycles. The molecular formula is C14H12ClNO3. The van der Waals surface area contributed by atoms with Crippen LogP contribution in [0, 0.1) is 11.8 Å². The number of para-hydroxylation sites is 2. The SMILES string of the molecule is O=C1[C@H]2CC=C(Cl)C[C@@H]2C(=O)N1c1ccccc1O. The number of rotatable bonds is 1. The lowest BCUT2D eigenvalue weighted by Crippen LogP contribution is -2.30. The number of fused-ring (bicyclic) bond motifs is 1. The van der Waals surface area contributed by atoms with E-state index >= 15 is 0 Å². The van der Waals surface area contributed by atoms with Crippen LogP contribution in [0.3, 0.4) is 0 Å². The van der Waals surface area contributed by atoms with Crippen molar-refractivity contribution >= 4 is 29.1 Å². The van der Waals surface area contributed by atoms with Gasteiger partial charge in [-0.2, -0.15) is 0 Å². The number of amides is 2. The maximum absolute atomic E-state index is 12.4. The van der Waals surface area contributed by atoms with Crippen molar-refractivity contribution in [1.29, 1.82) is 0 Å². The van der Waals surface area contributed by atoms with Gasteiger partial charge < -0.3 is 5.11 Å². The van der Waals surface area contributed by atoms with Crippen molar-refractivity contribution in [2.75, 3.05) is 4.90 Å². The number of hydrogen-bond acceptors (Lipinski definition) is 3. The first-order chi connectivity index (χ1) is 9.09. The molecule has 1 aliphatic carbocycles. The van der Waals surface area contributed by atoms with Crippen molar-refractivity contribution in [2.45, 2.75) is 12.8 Å². The second-order valence-corrected chi connectivity index (χ2v) is 5.29. The highest BCUT2D eigenvalue weighted by atomic mass is 35.5. The Hall–Kier alpha value is -1.81. The van der Waals surface area contributed by atoms with Gasteiger partial charge >= 0.3 is 0 Å². The third-order valence-electron chi connectivity index (χ3n) is 3.69. The van der Waals surface area contributed by atoms with Crippen LogP contribution in [0.5, 0.6) is 5.75 Å². The van der Waals surface area contributed by atoms with Crippen LogP contribution in [0.1, 0.15) is 12.8 Å². The molecule has 4 nitrogen and oxygen atoms in total.